The van der Waals surface area contributed by atoms with Crippen LogP contribution in [0.5, 0.6) is 0 Å². The molecule has 0 aliphatic heterocycles. The lowest BCUT2D eigenvalue weighted by atomic mass is 9.84. The van der Waals surface area contributed by atoms with E-state index < -0.39 is 0 Å². The van der Waals surface area contributed by atoms with E-state index in [9.17, 15) is 4.79 Å². The van der Waals surface area contributed by atoms with E-state index in [4.69, 9.17) is 0 Å². The Morgan fingerprint density at radius 1 is 1.23 bits per heavy atom. The van der Waals surface area contributed by atoms with Crippen LogP contribution in [-0.2, 0) is 5.75 Å². The van der Waals surface area contributed by atoms with Crippen molar-refractivity contribution in [2.45, 2.75) is 63.4 Å². The molecule has 6 nitrogen and oxygen atoms in total. The topological polar surface area (TPSA) is 72.2 Å². The molecule has 2 fully saturated rings. The van der Waals surface area contributed by atoms with Gasteiger partial charge in [0.15, 0.2) is 0 Å². The number of carbonyl (C=O) groups excluding carboxylic acids is 1. The highest BCUT2D eigenvalue weighted by molar-refractivity contribution is 7.98. The van der Waals surface area contributed by atoms with Crippen LogP contribution >= 0.6 is 11.8 Å². The zero-order valence-corrected chi connectivity index (χ0v) is 19.2. The van der Waals surface area contributed by atoms with Gasteiger partial charge in [0.1, 0.15) is 0 Å². The Labute approximate surface area is 187 Å². The van der Waals surface area contributed by atoms with Gasteiger partial charge in [0.05, 0.1) is 0 Å². The Morgan fingerprint density at radius 3 is 2.84 bits per heavy atom. The summed E-state index contributed by atoms with van der Waals surface area (Å²) >= 11 is 1.54. The van der Waals surface area contributed by atoms with Crippen molar-refractivity contribution < 1.29 is 4.79 Å². The summed E-state index contributed by atoms with van der Waals surface area (Å²) in [5.74, 6) is 3.60. The monoisotopic (exact) mass is 435 g/mol. The average Bonchev–Trinajstić information content (AvgIpc) is 3.48. The second-order valence-corrected chi connectivity index (χ2v) is 10.1. The predicted molar refractivity (Wildman–Crippen MR) is 122 cm³/mol. The quantitative estimate of drug-likeness (QED) is 0.574. The summed E-state index contributed by atoms with van der Waals surface area (Å²) in [5, 5.41) is 8.55. The van der Waals surface area contributed by atoms with E-state index >= 15 is 0 Å². The van der Waals surface area contributed by atoms with Gasteiger partial charge in [-0.2, -0.15) is 4.98 Å². The number of thioether (sulfide) groups is 1. The van der Waals surface area contributed by atoms with Gasteiger partial charge in [0.25, 0.3) is 11.7 Å². The fourth-order valence-electron chi connectivity index (χ4n) is 5.52. The van der Waals surface area contributed by atoms with Gasteiger partial charge >= 0.3 is 0 Å². The highest BCUT2D eigenvalue weighted by Gasteiger charge is 2.42. The second kappa shape index (κ2) is 8.26. The zero-order chi connectivity index (χ0) is 21.5. The summed E-state index contributed by atoms with van der Waals surface area (Å²) < 4.78 is 1.77. The van der Waals surface area contributed by atoms with E-state index in [2.05, 4.69) is 27.3 Å². The highest BCUT2D eigenvalue weighted by atomic mass is 32.2. The van der Waals surface area contributed by atoms with Crippen LogP contribution in [0, 0.1) is 31.6 Å². The van der Waals surface area contributed by atoms with Crippen molar-refractivity contribution in [3.63, 3.8) is 0 Å². The van der Waals surface area contributed by atoms with Gasteiger partial charge in [0, 0.05) is 28.7 Å². The molecule has 0 spiro atoms. The van der Waals surface area contributed by atoms with Gasteiger partial charge < -0.3 is 5.32 Å². The summed E-state index contributed by atoms with van der Waals surface area (Å²) in [5.41, 5.74) is 3.69. The maximum atomic E-state index is 13.1. The smallest absolute Gasteiger partial charge is 0.253 e. The number of amides is 1. The van der Waals surface area contributed by atoms with Crippen LogP contribution in [0.25, 0.3) is 5.78 Å². The first-order chi connectivity index (χ1) is 15.0. The lowest BCUT2D eigenvalue weighted by Gasteiger charge is -2.28. The molecular weight excluding hydrogens is 406 g/mol. The molecule has 7 heteroatoms. The number of carbonyl (C=O) groups is 1. The first-order valence-corrected chi connectivity index (χ1v) is 12.2. The standard InChI is InChI=1S/C24H29N5OS/c1-14-10-15(2)29-23(25-14)27-24(28-29)31-13-19-6-4-5-7-20(19)22(30)26-16(3)21-12-17-8-9-18(21)11-17/h4-7,10,16-18,21H,8-9,11-13H2,1-3H3,(H,26,30)/t16-,17+,18+,21-/m1/s1. The molecule has 2 aromatic heterocycles. The van der Waals surface area contributed by atoms with Crippen LogP contribution in [-0.4, -0.2) is 31.5 Å². The third-order valence-corrected chi connectivity index (χ3v) is 7.90. The Hall–Kier alpha value is -2.41. The first kappa shape index (κ1) is 20.5. The molecule has 0 radical (unpaired) electrons. The van der Waals surface area contributed by atoms with Crippen LogP contribution in [0.4, 0.5) is 0 Å². The molecule has 31 heavy (non-hydrogen) atoms. The number of aromatic nitrogens is 4. The number of hydrogen-bond donors (Lipinski definition) is 1. The Morgan fingerprint density at radius 2 is 2.06 bits per heavy atom. The number of nitrogens with one attached hydrogen (secondary N) is 1. The van der Waals surface area contributed by atoms with E-state index in [1.54, 1.807) is 4.52 Å². The zero-order valence-electron chi connectivity index (χ0n) is 18.3. The third kappa shape index (κ3) is 4.07. The minimum atomic E-state index is 0.0302. The van der Waals surface area contributed by atoms with Crippen LogP contribution in [0.3, 0.4) is 0 Å². The largest absolute Gasteiger partial charge is 0.349 e. The van der Waals surface area contributed by atoms with Gasteiger partial charge in [-0.15, -0.1) is 5.10 Å². The van der Waals surface area contributed by atoms with Crippen molar-refractivity contribution in [2.75, 3.05) is 0 Å². The molecule has 2 bridgehead atoms. The van der Waals surface area contributed by atoms with E-state index in [0.29, 0.717) is 22.6 Å². The SMILES string of the molecule is Cc1cc(C)n2nc(SCc3ccccc3C(=O)N[C@H](C)[C@H]3C[C@H]4CC[C@H]3C4)nc2n1. The predicted octanol–water partition coefficient (Wildman–Crippen LogP) is 4.59. The lowest BCUT2D eigenvalue weighted by Crippen LogP contribution is -2.40. The number of rotatable bonds is 6. The van der Waals surface area contributed by atoms with Crippen LogP contribution in [0.2, 0.25) is 0 Å². The molecular formula is C24H29N5OS. The first-order valence-electron chi connectivity index (χ1n) is 11.2. The van der Waals surface area contributed by atoms with Gasteiger partial charge in [-0.1, -0.05) is 36.4 Å². The van der Waals surface area contributed by atoms with Gasteiger partial charge in [-0.05, 0) is 75.5 Å². The molecule has 162 valence electrons. The van der Waals surface area contributed by atoms with E-state index in [1.807, 2.05) is 44.2 Å². The second-order valence-electron chi connectivity index (χ2n) is 9.19. The van der Waals surface area contributed by atoms with Gasteiger partial charge in [0.2, 0.25) is 5.16 Å². The minimum absolute atomic E-state index is 0.0302. The van der Waals surface area contributed by atoms with Crippen molar-refractivity contribution >= 4 is 23.4 Å². The maximum absolute atomic E-state index is 13.1. The van der Waals surface area contributed by atoms with Crippen molar-refractivity contribution in [3.8, 4) is 0 Å². The Bertz CT molecular complexity index is 1130. The fourth-order valence-corrected chi connectivity index (χ4v) is 6.34. The van der Waals surface area contributed by atoms with Crippen molar-refractivity contribution in [3.05, 3.63) is 52.8 Å². The van der Waals surface area contributed by atoms with E-state index in [-0.39, 0.29) is 11.9 Å². The summed E-state index contributed by atoms with van der Waals surface area (Å²) in [6.45, 7) is 6.14. The van der Waals surface area contributed by atoms with Crippen LogP contribution in [0.1, 0.15) is 59.9 Å². The minimum Gasteiger partial charge on any atom is -0.349 e. The van der Waals surface area contributed by atoms with Gasteiger partial charge in [-0.25, -0.2) is 9.50 Å². The number of benzene rings is 1. The Kier molecular flexibility index (Phi) is 5.46. The van der Waals surface area contributed by atoms with E-state index in [0.717, 1.165) is 34.4 Å². The Balaban J connectivity index is 1.28. The van der Waals surface area contributed by atoms with E-state index in [1.165, 1.54) is 37.4 Å². The van der Waals surface area contributed by atoms with Crippen LogP contribution in [0.15, 0.2) is 35.5 Å². The van der Waals surface area contributed by atoms with Crippen LogP contribution < -0.4 is 5.32 Å². The van der Waals surface area contributed by atoms with Crippen molar-refractivity contribution in [1.82, 2.24) is 24.9 Å². The number of fused-ring (bicyclic) bond motifs is 3. The number of nitrogens with zero attached hydrogens (tertiary/aromatic N) is 4. The van der Waals surface area contributed by atoms with Gasteiger partial charge in [-0.3, -0.25) is 4.79 Å². The summed E-state index contributed by atoms with van der Waals surface area (Å²) in [6.07, 6.45) is 5.35. The average molecular weight is 436 g/mol. The molecule has 3 aromatic rings. The fraction of sp³-hybridized carbons (Fsp3) is 0.500. The molecule has 2 aliphatic rings. The van der Waals surface area contributed by atoms with Crippen molar-refractivity contribution in [1.29, 1.82) is 0 Å². The maximum Gasteiger partial charge on any atom is 0.253 e. The number of aryl methyl sites for hydroxylation is 2. The molecule has 2 heterocycles. The normalized spacial score (nSPS) is 23.4. The molecule has 0 unspecified atom stereocenters. The lowest BCUT2D eigenvalue weighted by molar-refractivity contribution is 0.0914. The molecule has 2 saturated carbocycles. The molecule has 1 aromatic carbocycles. The molecule has 4 atom stereocenters. The summed E-state index contributed by atoms with van der Waals surface area (Å²) in [4.78, 5) is 22.1. The third-order valence-electron chi connectivity index (χ3n) is 7.01. The molecule has 2 aliphatic carbocycles. The summed E-state index contributed by atoms with van der Waals surface area (Å²) in [6, 6.07) is 10.1. The summed E-state index contributed by atoms with van der Waals surface area (Å²) in [7, 11) is 0. The molecule has 1 amide bonds. The van der Waals surface area contributed by atoms with Crippen molar-refractivity contribution in [2.24, 2.45) is 17.8 Å². The molecule has 1 N–H and O–H groups in total. The number of hydrogen-bond acceptors (Lipinski definition) is 5. The highest BCUT2D eigenvalue weighted by Crippen LogP contribution is 2.49. The molecule has 0 saturated heterocycles. The molecule has 5 rings (SSSR count).